The summed E-state index contributed by atoms with van der Waals surface area (Å²) in [6, 6.07) is 2.18. The Hall–Kier alpha value is -1.37. The fourth-order valence-electron chi connectivity index (χ4n) is 2.58. The molecule has 0 aromatic carbocycles. The number of rotatable bonds is 4. The van der Waals surface area contributed by atoms with Crippen LogP contribution in [0.15, 0.2) is 12.1 Å². The van der Waals surface area contributed by atoms with E-state index in [2.05, 4.69) is 10.3 Å². The highest BCUT2D eigenvalue weighted by molar-refractivity contribution is 7.80. The molecule has 0 spiro atoms. The smallest absolute Gasteiger partial charge is 0.389 e. The zero-order valence-electron chi connectivity index (χ0n) is 11.5. The van der Waals surface area contributed by atoms with E-state index in [1.165, 1.54) is 25.3 Å². The van der Waals surface area contributed by atoms with E-state index in [0.717, 1.165) is 18.9 Å². The summed E-state index contributed by atoms with van der Waals surface area (Å²) in [4.78, 5) is 3.69. The fraction of sp³-hybridized carbons (Fsp3) is 0.571. The molecule has 0 saturated heterocycles. The zero-order chi connectivity index (χ0) is 15.5. The number of nitrogens with one attached hydrogen (secondary N) is 1. The van der Waals surface area contributed by atoms with Crippen LogP contribution in [0.3, 0.4) is 0 Å². The first-order valence-electron chi connectivity index (χ1n) is 7.00. The zero-order valence-corrected chi connectivity index (χ0v) is 12.4. The third kappa shape index (κ3) is 4.30. The molecule has 0 aliphatic heterocycles. The largest absolute Gasteiger partial charge is 0.433 e. The van der Waals surface area contributed by atoms with Crippen LogP contribution in [0, 0.1) is 5.92 Å². The van der Waals surface area contributed by atoms with E-state index in [0.29, 0.717) is 18.0 Å². The Morgan fingerprint density at radius 1 is 1.29 bits per heavy atom. The molecule has 116 valence electrons. The van der Waals surface area contributed by atoms with Gasteiger partial charge in [0.2, 0.25) is 0 Å². The van der Waals surface area contributed by atoms with Gasteiger partial charge in [-0.25, -0.2) is 4.98 Å². The van der Waals surface area contributed by atoms with Gasteiger partial charge in [-0.05, 0) is 30.9 Å². The molecule has 1 saturated carbocycles. The first-order chi connectivity index (χ1) is 9.88. The van der Waals surface area contributed by atoms with Crippen LogP contribution in [0.5, 0.6) is 0 Å². The molecule has 1 aromatic rings. The molecule has 0 bridgehead atoms. The maximum atomic E-state index is 12.7. The molecule has 0 atom stereocenters. The van der Waals surface area contributed by atoms with Gasteiger partial charge in [-0.3, -0.25) is 0 Å². The van der Waals surface area contributed by atoms with Crippen molar-refractivity contribution in [1.29, 1.82) is 0 Å². The molecule has 3 N–H and O–H groups in total. The van der Waals surface area contributed by atoms with Crippen molar-refractivity contribution < 1.29 is 13.2 Å². The summed E-state index contributed by atoms with van der Waals surface area (Å²) in [6.45, 7) is 0.601. The summed E-state index contributed by atoms with van der Waals surface area (Å²) in [5.74, 6) is 0.595. The van der Waals surface area contributed by atoms with Gasteiger partial charge in [0.05, 0.1) is 5.56 Å². The fourth-order valence-corrected chi connectivity index (χ4v) is 2.75. The number of halogens is 3. The lowest BCUT2D eigenvalue weighted by Gasteiger charge is -2.23. The number of hydrogen-bond donors (Lipinski definition) is 2. The van der Waals surface area contributed by atoms with E-state index in [4.69, 9.17) is 18.0 Å². The molecule has 1 fully saturated rings. The van der Waals surface area contributed by atoms with E-state index in [1.54, 1.807) is 0 Å². The summed E-state index contributed by atoms with van der Waals surface area (Å²) in [6.07, 6.45) is 1.28. The summed E-state index contributed by atoms with van der Waals surface area (Å²) in [5.41, 5.74) is 4.97. The van der Waals surface area contributed by atoms with Crippen LogP contribution in [-0.2, 0) is 6.18 Å². The number of pyridine rings is 1. The molecular formula is C14H18F3N3S. The van der Waals surface area contributed by atoms with Crippen LogP contribution in [-0.4, -0.2) is 16.5 Å². The number of alkyl halides is 3. The highest BCUT2D eigenvalue weighted by Gasteiger charge is 2.33. The molecule has 1 aliphatic rings. The summed E-state index contributed by atoms with van der Waals surface area (Å²) >= 11 is 4.87. The SMILES string of the molecule is NC(=S)c1ccc(C(F)(F)F)nc1NCC1CCCCC1. The molecule has 0 amide bonds. The Morgan fingerprint density at radius 3 is 2.52 bits per heavy atom. The molecular weight excluding hydrogens is 299 g/mol. The number of nitrogens with zero attached hydrogens (tertiary/aromatic N) is 1. The topological polar surface area (TPSA) is 50.9 Å². The van der Waals surface area contributed by atoms with E-state index in [9.17, 15) is 13.2 Å². The molecule has 0 unspecified atom stereocenters. The standard InChI is InChI=1S/C14H18F3N3S/c15-14(16,17)11-7-6-10(12(18)21)13(20-11)19-8-9-4-2-1-3-5-9/h6-7,9H,1-5,8H2,(H2,18,21)(H,19,20). The Balaban J connectivity index is 2.16. The van der Waals surface area contributed by atoms with Gasteiger partial charge in [0.1, 0.15) is 16.5 Å². The van der Waals surface area contributed by atoms with Gasteiger partial charge >= 0.3 is 6.18 Å². The van der Waals surface area contributed by atoms with Gasteiger partial charge in [0, 0.05) is 6.54 Å². The van der Waals surface area contributed by atoms with E-state index < -0.39 is 11.9 Å². The normalized spacial score (nSPS) is 16.7. The molecule has 2 rings (SSSR count). The highest BCUT2D eigenvalue weighted by Crippen LogP contribution is 2.30. The summed E-state index contributed by atoms with van der Waals surface area (Å²) in [7, 11) is 0. The number of hydrogen-bond acceptors (Lipinski definition) is 3. The molecule has 21 heavy (non-hydrogen) atoms. The lowest BCUT2D eigenvalue weighted by molar-refractivity contribution is -0.141. The van der Waals surface area contributed by atoms with Crippen molar-refractivity contribution in [3.05, 3.63) is 23.4 Å². The van der Waals surface area contributed by atoms with Crippen LogP contribution in [0.2, 0.25) is 0 Å². The van der Waals surface area contributed by atoms with Crippen molar-refractivity contribution in [1.82, 2.24) is 4.98 Å². The van der Waals surface area contributed by atoms with Crippen molar-refractivity contribution in [2.24, 2.45) is 11.7 Å². The maximum absolute atomic E-state index is 12.7. The Kier molecular flexibility index (Phi) is 5.03. The lowest BCUT2D eigenvalue weighted by atomic mass is 9.89. The van der Waals surface area contributed by atoms with E-state index in [1.807, 2.05) is 0 Å². The average molecular weight is 317 g/mol. The quantitative estimate of drug-likeness (QED) is 0.831. The lowest BCUT2D eigenvalue weighted by Crippen LogP contribution is -2.22. The molecule has 3 nitrogen and oxygen atoms in total. The van der Waals surface area contributed by atoms with Gasteiger partial charge in [0.15, 0.2) is 0 Å². The van der Waals surface area contributed by atoms with E-state index in [-0.39, 0.29) is 10.8 Å². The van der Waals surface area contributed by atoms with Gasteiger partial charge in [0.25, 0.3) is 0 Å². The monoisotopic (exact) mass is 317 g/mol. The number of thiocarbonyl (C=S) groups is 1. The third-order valence-corrected chi connectivity index (χ3v) is 3.95. The average Bonchev–Trinajstić information content (AvgIpc) is 2.45. The van der Waals surface area contributed by atoms with Crippen molar-refractivity contribution in [2.45, 2.75) is 38.3 Å². The van der Waals surface area contributed by atoms with Gasteiger partial charge < -0.3 is 11.1 Å². The number of nitrogens with two attached hydrogens (primary N) is 1. The second-order valence-corrected chi connectivity index (χ2v) is 5.78. The molecule has 1 aromatic heterocycles. The highest BCUT2D eigenvalue weighted by atomic mass is 32.1. The number of anilines is 1. The Labute approximate surface area is 127 Å². The molecule has 0 radical (unpaired) electrons. The Morgan fingerprint density at radius 2 is 1.95 bits per heavy atom. The first-order valence-corrected chi connectivity index (χ1v) is 7.40. The Bertz CT molecular complexity index is 511. The summed E-state index contributed by atoms with van der Waals surface area (Å²) < 4.78 is 38.2. The third-order valence-electron chi connectivity index (χ3n) is 3.73. The van der Waals surface area contributed by atoms with Crippen molar-refractivity contribution >= 4 is 23.0 Å². The second kappa shape index (κ2) is 6.60. The van der Waals surface area contributed by atoms with Gasteiger partial charge in [-0.15, -0.1) is 0 Å². The predicted octanol–water partition coefficient (Wildman–Crippen LogP) is 3.73. The van der Waals surface area contributed by atoms with Crippen LogP contribution in [0.1, 0.15) is 43.4 Å². The van der Waals surface area contributed by atoms with Crippen molar-refractivity contribution in [3.8, 4) is 0 Å². The van der Waals surface area contributed by atoms with Crippen LogP contribution < -0.4 is 11.1 Å². The van der Waals surface area contributed by atoms with Gasteiger partial charge in [-0.2, -0.15) is 13.2 Å². The molecule has 7 heteroatoms. The first kappa shape index (κ1) is 16.0. The van der Waals surface area contributed by atoms with Crippen LogP contribution >= 0.6 is 12.2 Å². The maximum Gasteiger partial charge on any atom is 0.433 e. The molecule has 1 aliphatic carbocycles. The van der Waals surface area contributed by atoms with Crippen molar-refractivity contribution in [3.63, 3.8) is 0 Å². The second-order valence-electron chi connectivity index (χ2n) is 5.34. The minimum absolute atomic E-state index is 0.0439. The van der Waals surface area contributed by atoms with Crippen molar-refractivity contribution in [2.75, 3.05) is 11.9 Å². The van der Waals surface area contributed by atoms with Crippen LogP contribution in [0.4, 0.5) is 19.0 Å². The molecule has 1 heterocycles. The summed E-state index contributed by atoms with van der Waals surface area (Å²) in [5, 5.41) is 3.00. The number of aromatic nitrogens is 1. The minimum Gasteiger partial charge on any atom is -0.389 e. The predicted molar refractivity (Wildman–Crippen MR) is 80.2 cm³/mol. The van der Waals surface area contributed by atoms with Crippen LogP contribution in [0.25, 0.3) is 0 Å². The minimum atomic E-state index is -4.48. The van der Waals surface area contributed by atoms with E-state index >= 15 is 0 Å². The van der Waals surface area contributed by atoms with Gasteiger partial charge in [-0.1, -0.05) is 31.5 Å².